The van der Waals surface area contributed by atoms with Crippen LogP contribution < -0.4 is 0 Å². The topological polar surface area (TPSA) is 18.5 Å². The summed E-state index contributed by atoms with van der Waals surface area (Å²) in [5.74, 6) is 3.47. The lowest BCUT2D eigenvalue weighted by Crippen LogP contribution is -2.49. The molecule has 0 heterocycles. The Kier molecular flexibility index (Phi) is 11.9. The third-order valence-electron chi connectivity index (χ3n) is 13.2. The summed E-state index contributed by atoms with van der Waals surface area (Å²) in [6.07, 6.45) is 18.8. The van der Waals surface area contributed by atoms with Crippen molar-refractivity contribution in [2.24, 2.45) is 35.0 Å². The maximum Gasteiger partial charge on any atom is 0.192 e. The lowest BCUT2D eigenvalue weighted by atomic mass is 9.61. The van der Waals surface area contributed by atoms with Crippen LogP contribution in [0.15, 0.2) is 47.6 Å². The van der Waals surface area contributed by atoms with Crippen LogP contribution in [0.1, 0.15) is 121 Å². The molecular formula is C40H72O2Si2. The predicted octanol–water partition coefficient (Wildman–Crippen LogP) is 12.7. The Labute approximate surface area is 276 Å². The predicted molar refractivity (Wildman–Crippen MR) is 199 cm³/mol. The number of hydrogen-bond donors (Lipinski definition) is 0. The molecule has 3 aliphatic rings. The molecule has 0 N–H and O–H groups in total. The minimum absolute atomic E-state index is 0.0393. The first-order valence-corrected chi connectivity index (χ1v) is 23.9. The van der Waals surface area contributed by atoms with E-state index in [1.165, 1.54) is 43.3 Å². The highest BCUT2D eigenvalue weighted by molar-refractivity contribution is 6.74. The van der Waals surface area contributed by atoms with Gasteiger partial charge in [-0.25, -0.2) is 0 Å². The first-order valence-electron chi connectivity index (χ1n) is 18.1. The van der Waals surface area contributed by atoms with Gasteiger partial charge in [0.15, 0.2) is 16.6 Å². The van der Waals surface area contributed by atoms with Gasteiger partial charge in [-0.2, -0.15) is 0 Å². The molecule has 0 amide bonds. The van der Waals surface area contributed by atoms with Crippen LogP contribution in [0.2, 0.25) is 36.3 Å². The summed E-state index contributed by atoms with van der Waals surface area (Å²) in [7, 11) is -3.88. The summed E-state index contributed by atoms with van der Waals surface area (Å²) in [5.41, 5.74) is 4.64. The molecule has 0 aromatic rings. The highest BCUT2D eigenvalue weighted by Gasteiger charge is 2.50. The van der Waals surface area contributed by atoms with Gasteiger partial charge in [-0.1, -0.05) is 113 Å². The summed E-state index contributed by atoms with van der Waals surface area (Å²) < 4.78 is 14.2. The zero-order chi connectivity index (χ0) is 33.5. The highest BCUT2D eigenvalue weighted by Crippen LogP contribution is 2.59. The molecule has 0 radical (unpaired) electrons. The van der Waals surface area contributed by atoms with Crippen molar-refractivity contribution in [3.63, 3.8) is 0 Å². The molecule has 0 aromatic heterocycles. The average molecular weight is 641 g/mol. The zero-order valence-electron chi connectivity index (χ0n) is 31.8. The molecule has 0 aliphatic heterocycles. The van der Waals surface area contributed by atoms with E-state index in [0.717, 1.165) is 18.8 Å². The summed E-state index contributed by atoms with van der Waals surface area (Å²) in [5, 5.41) is 0.352. The minimum atomic E-state index is -1.96. The smallest absolute Gasteiger partial charge is 0.192 e. The van der Waals surface area contributed by atoms with E-state index in [1.807, 2.05) is 0 Å². The normalized spacial score (nSPS) is 32.6. The molecular weight excluding hydrogens is 569 g/mol. The molecule has 3 fully saturated rings. The van der Waals surface area contributed by atoms with Crippen molar-refractivity contribution in [1.29, 1.82) is 0 Å². The number of hydrogen-bond acceptors (Lipinski definition) is 2. The largest absolute Gasteiger partial charge is 0.413 e. The summed E-state index contributed by atoms with van der Waals surface area (Å²) in [6, 6.07) is 0. The molecule has 4 heteroatoms. The molecule has 44 heavy (non-hydrogen) atoms. The fourth-order valence-electron chi connectivity index (χ4n) is 7.62. The van der Waals surface area contributed by atoms with Crippen molar-refractivity contribution in [2.45, 2.75) is 170 Å². The van der Waals surface area contributed by atoms with Crippen LogP contribution >= 0.6 is 0 Å². The zero-order valence-corrected chi connectivity index (χ0v) is 33.8. The minimum Gasteiger partial charge on any atom is -0.413 e. The van der Waals surface area contributed by atoms with Crippen molar-refractivity contribution < 1.29 is 8.85 Å². The maximum absolute atomic E-state index is 7.09. The highest BCUT2D eigenvalue weighted by atomic mass is 28.4. The second-order valence-corrected chi connectivity index (χ2v) is 28.2. The third kappa shape index (κ3) is 8.42. The molecule has 3 rings (SSSR count). The Hall–Kier alpha value is -0.686. The van der Waals surface area contributed by atoms with Gasteiger partial charge in [0.2, 0.25) is 0 Å². The monoisotopic (exact) mass is 641 g/mol. The Bertz CT molecular complexity index is 1100. The fraction of sp³-hybridized carbons (Fsp3) is 0.800. The van der Waals surface area contributed by atoms with E-state index in [-0.39, 0.29) is 22.3 Å². The number of allylic oxidation sites excluding steroid dienone is 5. The van der Waals surface area contributed by atoms with E-state index >= 15 is 0 Å². The molecule has 0 bridgehead atoms. The second kappa shape index (κ2) is 13.8. The van der Waals surface area contributed by atoms with Crippen LogP contribution in [0, 0.1) is 35.0 Å². The van der Waals surface area contributed by atoms with Gasteiger partial charge in [0.25, 0.3) is 0 Å². The quantitative estimate of drug-likeness (QED) is 0.184. The van der Waals surface area contributed by atoms with Crippen molar-refractivity contribution >= 4 is 16.6 Å². The molecule has 3 saturated carbocycles. The van der Waals surface area contributed by atoms with Crippen LogP contribution in [-0.4, -0.2) is 28.8 Å². The molecule has 1 unspecified atom stereocenters. The van der Waals surface area contributed by atoms with Gasteiger partial charge in [-0.15, -0.1) is 0 Å². The first-order chi connectivity index (χ1) is 20.0. The molecule has 252 valence electrons. The van der Waals surface area contributed by atoms with Gasteiger partial charge < -0.3 is 8.85 Å². The van der Waals surface area contributed by atoms with Gasteiger partial charge in [-0.05, 0) is 121 Å². The molecule has 2 nitrogen and oxygen atoms in total. The lowest BCUT2D eigenvalue weighted by Gasteiger charge is -2.45. The van der Waals surface area contributed by atoms with Crippen LogP contribution in [-0.2, 0) is 8.85 Å². The van der Waals surface area contributed by atoms with Crippen LogP contribution in [0.4, 0.5) is 0 Å². The summed E-state index contributed by atoms with van der Waals surface area (Å²) in [6.45, 7) is 40.5. The number of fused-ring (bicyclic) bond motifs is 1. The Morgan fingerprint density at radius 3 is 2.02 bits per heavy atom. The first kappa shape index (κ1) is 37.8. The van der Waals surface area contributed by atoms with E-state index in [0.29, 0.717) is 29.1 Å². The van der Waals surface area contributed by atoms with Crippen molar-refractivity contribution in [3.8, 4) is 0 Å². The third-order valence-corrected chi connectivity index (χ3v) is 22.2. The van der Waals surface area contributed by atoms with Gasteiger partial charge in [0.05, 0.1) is 12.2 Å². The van der Waals surface area contributed by atoms with Crippen LogP contribution in [0.5, 0.6) is 0 Å². The van der Waals surface area contributed by atoms with Crippen molar-refractivity contribution in [3.05, 3.63) is 47.6 Å². The van der Waals surface area contributed by atoms with Crippen LogP contribution in [0.3, 0.4) is 0 Å². The Morgan fingerprint density at radius 2 is 1.45 bits per heavy atom. The average Bonchev–Trinajstić information content (AvgIpc) is 3.23. The summed E-state index contributed by atoms with van der Waals surface area (Å²) >= 11 is 0. The standard InChI is InChI=1S/C40H72O2Si2/c1-28(2)29(3)19-20-30(4)35-23-24-36-32(18-17-25-40(35,36)12)21-22-33-26-34(41-43(13,14)38(6,7)8)27-37(31(33)5)42-44(15,16)39(9,10)11/h19-22,28-30,34-37H,5,17-18,23-27H2,1-4,6-16H3/b20-19+,32-21+,33-22+/t29-,30+,34-,35?,36-,37-,40+/m0/s1. The molecule has 7 atom stereocenters. The lowest BCUT2D eigenvalue weighted by molar-refractivity contribution is 0.0969. The van der Waals surface area contributed by atoms with Gasteiger partial charge in [-0.3, -0.25) is 0 Å². The summed E-state index contributed by atoms with van der Waals surface area (Å²) in [4.78, 5) is 0. The van der Waals surface area contributed by atoms with E-state index in [9.17, 15) is 0 Å². The van der Waals surface area contributed by atoms with E-state index < -0.39 is 16.6 Å². The van der Waals surface area contributed by atoms with Crippen molar-refractivity contribution in [2.75, 3.05) is 0 Å². The Morgan fingerprint density at radius 1 is 0.864 bits per heavy atom. The van der Waals surface area contributed by atoms with Crippen LogP contribution in [0.25, 0.3) is 0 Å². The van der Waals surface area contributed by atoms with Crippen molar-refractivity contribution in [1.82, 2.24) is 0 Å². The van der Waals surface area contributed by atoms with Gasteiger partial charge >= 0.3 is 0 Å². The molecule has 0 saturated heterocycles. The molecule has 3 aliphatic carbocycles. The van der Waals surface area contributed by atoms with E-state index in [4.69, 9.17) is 15.4 Å². The number of rotatable bonds is 9. The van der Waals surface area contributed by atoms with E-state index in [2.05, 4.69) is 127 Å². The van der Waals surface area contributed by atoms with Gasteiger partial charge in [0, 0.05) is 6.42 Å². The SMILES string of the molecule is C=C1/C(=C/C=C2\CCC[C@]3(C)C([C@H](C)/C=C/[C@H](C)C(C)C)CC[C@@H]23)C[C@H](O[Si](C)(C)C(C)(C)C)C[C@@H]1O[Si](C)(C)C(C)(C)C. The molecule has 0 spiro atoms. The van der Waals surface area contributed by atoms with Gasteiger partial charge in [0.1, 0.15) is 0 Å². The Balaban J connectivity index is 1.90. The fourth-order valence-corrected chi connectivity index (χ4v) is 10.3. The maximum atomic E-state index is 7.09. The second-order valence-electron chi connectivity index (χ2n) is 18.7. The van der Waals surface area contributed by atoms with E-state index in [1.54, 1.807) is 5.57 Å². The molecule has 0 aromatic carbocycles.